The molecule has 0 spiro atoms. The van der Waals surface area contributed by atoms with Gasteiger partial charge in [-0.05, 0) is 143 Å². The third kappa shape index (κ3) is 4.17. The van der Waals surface area contributed by atoms with Crippen molar-refractivity contribution < 1.29 is 0 Å². The zero-order valence-corrected chi connectivity index (χ0v) is 27.8. The molecule has 47 heavy (non-hydrogen) atoms. The number of nitrogens with zero attached hydrogens (tertiary/aromatic N) is 2. The second-order valence-electron chi connectivity index (χ2n) is 13.3. The Morgan fingerprint density at radius 3 is 1.45 bits per heavy atom. The van der Waals surface area contributed by atoms with Gasteiger partial charge in [0.15, 0.2) is 0 Å². The molecular formula is C45H40N2. The summed E-state index contributed by atoms with van der Waals surface area (Å²) < 4.78 is 4.98. The SMILES string of the molecule is CCc1ccc2c(c1)c1cc(CC)ccc1n2-c1ccc2c(c1)-c1cc(-n3c4ccc(CC)cc4c4c(CC)cccc43)ccc1C2. The first-order valence-corrected chi connectivity index (χ1v) is 17.5. The highest BCUT2D eigenvalue weighted by molar-refractivity contribution is 6.12. The molecule has 0 fully saturated rings. The molecule has 0 bridgehead atoms. The molecule has 0 saturated carbocycles. The van der Waals surface area contributed by atoms with E-state index in [1.54, 1.807) is 0 Å². The van der Waals surface area contributed by atoms with E-state index in [0.29, 0.717) is 0 Å². The van der Waals surface area contributed by atoms with Crippen LogP contribution in [0.1, 0.15) is 61.1 Å². The monoisotopic (exact) mass is 608 g/mol. The van der Waals surface area contributed by atoms with Crippen molar-refractivity contribution in [2.24, 2.45) is 0 Å². The van der Waals surface area contributed by atoms with Gasteiger partial charge in [-0.15, -0.1) is 0 Å². The standard InChI is InChI=1S/C45H40N2/c1-5-28-12-19-41-38(22-28)39-23-29(6-2)13-20-42(39)46(41)34-17-15-32-25-33-16-18-35(27-37(33)36(32)26-34)47-43-21-14-30(7-3)24-40(43)45-31(8-4)10-9-11-44(45)47/h9-24,26-27H,5-8,25H2,1-4H3. The quantitative estimate of drug-likeness (QED) is 0.178. The Kier molecular flexibility index (Phi) is 6.44. The van der Waals surface area contributed by atoms with Crippen molar-refractivity contribution in [1.82, 2.24) is 9.13 Å². The van der Waals surface area contributed by atoms with Crippen LogP contribution in [-0.4, -0.2) is 9.13 Å². The van der Waals surface area contributed by atoms with Crippen LogP contribution in [0.2, 0.25) is 0 Å². The lowest BCUT2D eigenvalue weighted by molar-refractivity contribution is 1.13. The highest BCUT2D eigenvalue weighted by Crippen LogP contribution is 2.42. The minimum Gasteiger partial charge on any atom is -0.309 e. The number of hydrogen-bond donors (Lipinski definition) is 0. The lowest BCUT2D eigenvalue weighted by Gasteiger charge is -2.13. The predicted molar refractivity (Wildman–Crippen MR) is 201 cm³/mol. The molecule has 1 aliphatic carbocycles. The number of benzene rings is 6. The molecule has 230 valence electrons. The van der Waals surface area contributed by atoms with Crippen LogP contribution in [0.5, 0.6) is 0 Å². The zero-order valence-electron chi connectivity index (χ0n) is 27.8. The maximum Gasteiger partial charge on any atom is 0.0543 e. The van der Waals surface area contributed by atoms with Gasteiger partial charge in [0.25, 0.3) is 0 Å². The Morgan fingerprint density at radius 1 is 0.447 bits per heavy atom. The van der Waals surface area contributed by atoms with Gasteiger partial charge in [0, 0.05) is 32.9 Å². The summed E-state index contributed by atoms with van der Waals surface area (Å²) in [5, 5.41) is 5.46. The van der Waals surface area contributed by atoms with Gasteiger partial charge in [0.2, 0.25) is 0 Å². The van der Waals surface area contributed by atoms with Gasteiger partial charge in [-0.3, -0.25) is 0 Å². The van der Waals surface area contributed by atoms with Crippen molar-refractivity contribution in [2.75, 3.05) is 0 Å². The fraction of sp³-hybridized carbons (Fsp3) is 0.200. The average molecular weight is 609 g/mol. The maximum atomic E-state index is 2.50. The number of aromatic nitrogens is 2. The third-order valence-corrected chi connectivity index (χ3v) is 10.8. The predicted octanol–water partition coefficient (Wildman–Crippen LogP) is 11.7. The topological polar surface area (TPSA) is 9.86 Å². The number of aryl methyl sites for hydroxylation is 4. The molecule has 0 amide bonds. The molecular weight excluding hydrogens is 569 g/mol. The Labute approximate surface area is 276 Å². The maximum absolute atomic E-state index is 2.50. The summed E-state index contributed by atoms with van der Waals surface area (Å²) in [5.74, 6) is 0. The highest BCUT2D eigenvalue weighted by Gasteiger charge is 2.23. The summed E-state index contributed by atoms with van der Waals surface area (Å²) in [7, 11) is 0. The van der Waals surface area contributed by atoms with Crippen molar-refractivity contribution in [3.05, 3.63) is 143 Å². The largest absolute Gasteiger partial charge is 0.309 e. The fourth-order valence-electron chi connectivity index (χ4n) is 8.24. The third-order valence-electron chi connectivity index (χ3n) is 10.8. The first kappa shape index (κ1) is 28.2. The molecule has 0 atom stereocenters. The molecule has 0 saturated heterocycles. The number of rotatable bonds is 6. The summed E-state index contributed by atoms with van der Waals surface area (Å²) in [5.41, 5.74) is 18.7. The molecule has 0 aliphatic heterocycles. The van der Waals surface area contributed by atoms with E-state index in [1.165, 1.54) is 99.5 Å². The van der Waals surface area contributed by atoms with E-state index in [-0.39, 0.29) is 0 Å². The Bertz CT molecular complexity index is 2480. The summed E-state index contributed by atoms with van der Waals surface area (Å²) in [6, 6.07) is 42.2. The number of hydrogen-bond acceptors (Lipinski definition) is 0. The second-order valence-corrected chi connectivity index (χ2v) is 13.3. The summed E-state index contributed by atoms with van der Waals surface area (Å²) in [6.45, 7) is 9.01. The first-order chi connectivity index (χ1) is 23.1. The van der Waals surface area contributed by atoms with Gasteiger partial charge in [-0.2, -0.15) is 0 Å². The normalized spacial score (nSPS) is 12.5. The van der Waals surface area contributed by atoms with E-state index in [9.17, 15) is 0 Å². The van der Waals surface area contributed by atoms with Crippen molar-refractivity contribution >= 4 is 43.6 Å². The van der Waals surface area contributed by atoms with Gasteiger partial charge in [-0.1, -0.05) is 70.2 Å². The summed E-state index contributed by atoms with van der Waals surface area (Å²) in [4.78, 5) is 0. The van der Waals surface area contributed by atoms with E-state index in [2.05, 4.69) is 146 Å². The van der Waals surface area contributed by atoms with Gasteiger partial charge >= 0.3 is 0 Å². The Hall–Kier alpha value is -5.08. The minimum absolute atomic E-state index is 0.977. The molecule has 0 unspecified atom stereocenters. The number of fused-ring (bicyclic) bond motifs is 9. The molecule has 0 radical (unpaired) electrons. The zero-order chi connectivity index (χ0) is 31.8. The molecule has 2 nitrogen and oxygen atoms in total. The summed E-state index contributed by atoms with van der Waals surface area (Å²) in [6.07, 6.45) is 5.12. The van der Waals surface area contributed by atoms with E-state index in [1.807, 2.05) is 0 Å². The molecule has 1 aliphatic rings. The molecule has 2 heteroatoms. The van der Waals surface area contributed by atoms with Gasteiger partial charge in [-0.25, -0.2) is 0 Å². The van der Waals surface area contributed by atoms with Crippen LogP contribution in [0, 0.1) is 0 Å². The van der Waals surface area contributed by atoms with Crippen LogP contribution in [0.4, 0.5) is 0 Å². The van der Waals surface area contributed by atoms with Gasteiger partial charge in [0.1, 0.15) is 0 Å². The molecule has 8 aromatic rings. The lowest BCUT2D eigenvalue weighted by atomic mass is 10.0. The smallest absolute Gasteiger partial charge is 0.0543 e. The molecule has 6 aromatic carbocycles. The van der Waals surface area contributed by atoms with Crippen LogP contribution in [0.25, 0.3) is 66.1 Å². The highest BCUT2D eigenvalue weighted by atomic mass is 15.0. The molecule has 2 heterocycles. The molecule has 0 N–H and O–H groups in total. The van der Waals surface area contributed by atoms with Crippen molar-refractivity contribution in [3.8, 4) is 22.5 Å². The van der Waals surface area contributed by atoms with Crippen LogP contribution < -0.4 is 0 Å². The van der Waals surface area contributed by atoms with Crippen LogP contribution in [0.3, 0.4) is 0 Å². The minimum atomic E-state index is 0.977. The lowest BCUT2D eigenvalue weighted by Crippen LogP contribution is -1.96. The van der Waals surface area contributed by atoms with Crippen molar-refractivity contribution in [1.29, 1.82) is 0 Å². The second kappa shape index (κ2) is 10.7. The van der Waals surface area contributed by atoms with Crippen LogP contribution >= 0.6 is 0 Å². The Balaban J connectivity index is 1.24. The first-order valence-electron chi connectivity index (χ1n) is 17.5. The summed E-state index contributed by atoms with van der Waals surface area (Å²) >= 11 is 0. The van der Waals surface area contributed by atoms with E-state index in [4.69, 9.17) is 0 Å². The van der Waals surface area contributed by atoms with E-state index in [0.717, 1.165) is 32.1 Å². The van der Waals surface area contributed by atoms with Gasteiger partial charge < -0.3 is 9.13 Å². The fourth-order valence-corrected chi connectivity index (χ4v) is 8.24. The van der Waals surface area contributed by atoms with Gasteiger partial charge in [0.05, 0.1) is 22.1 Å². The average Bonchev–Trinajstić information content (AvgIpc) is 3.77. The Morgan fingerprint density at radius 2 is 0.936 bits per heavy atom. The van der Waals surface area contributed by atoms with E-state index >= 15 is 0 Å². The van der Waals surface area contributed by atoms with Crippen molar-refractivity contribution in [2.45, 2.75) is 59.8 Å². The molecule has 9 rings (SSSR count). The van der Waals surface area contributed by atoms with Crippen LogP contribution in [0.15, 0.2) is 109 Å². The van der Waals surface area contributed by atoms with E-state index < -0.39 is 0 Å². The van der Waals surface area contributed by atoms with Crippen molar-refractivity contribution in [3.63, 3.8) is 0 Å². The van der Waals surface area contributed by atoms with Crippen LogP contribution in [-0.2, 0) is 32.1 Å². The molecule has 2 aromatic heterocycles.